The van der Waals surface area contributed by atoms with Gasteiger partial charge in [0.25, 0.3) is 6.43 Å². The van der Waals surface area contributed by atoms with Gasteiger partial charge in [0.05, 0.1) is 0 Å². The van der Waals surface area contributed by atoms with Crippen LogP contribution in [0, 0.1) is 0 Å². The molecule has 8 heteroatoms. The Morgan fingerprint density at radius 2 is 2.21 bits per heavy atom. The molecular weight excluding hydrogens is 194 g/mol. The number of nitrogens with zero attached hydrogens (tertiary/aromatic N) is 5. The molecule has 74 valence electrons. The van der Waals surface area contributed by atoms with Crippen LogP contribution in [0.4, 0.5) is 14.6 Å². The highest BCUT2D eigenvalue weighted by Crippen LogP contribution is 2.12. The maximum absolute atomic E-state index is 12.1. The van der Waals surface area contributed by atoms with Crippen LogP contribution in [-0.4, -0.2) is 31.4 Å². The number of anilines is 1. The van der Waals surface area contributed by atoms with E-state index in [4.69, 9.17) is 5.73 Å². The van der Waals surface area contributed by atoms with Crippen molar-refractivity contribution in [2.75, 3.05) is 5.73 Å². The summed E-state index contributed by atoms with van der Waals surface area (Å²) in [6.45, 7) is -0.549. The first-order valence-corrected chi connectivity index (χ1v) is 3.76. The molecule has 0 fully saturated rings. The predicted molar refractivity (Wildman–Crippen MR) is 43.5 cm³/mol. The van der Waals surface area contributed by atoms with Gasteiger partial charge in [-0.15, -0.1) is 5.10 Å². The van der Waals surface area contributed by atoms with E-state index >= 15 is 0 Å². The number of halogens is 2. The van der Waals surface area contributed by atoms with Gasteiger partial charge in [0.2, 0.25) is 0 Å². The summed E-state index contributed by atoms with van der Waals surface area (Å²) in [4.78, 5) is 7.43. The van der Waals surface area contributed by atoms with Crippen LogP contribution in [0.1, 0.15) is 0 Å². The maximum atomic E-state index is 12.1. The van der Waals surface area contributed by atoms with Crippen LogP contribution in [-0.2, 0) is 6.54 Å². The monoisotopic (exact) mass is 200 g/mol. The minimum atomic E-state index is -2.50. The molecule has 0 aliphatic rings. The Balaban J connectivity index is 2.52. The molecule has 0 aliphatic heterocycles. The maximum Gasteiger partial charge on any atom is 0.258 e. The number of nitrogens with two attached hydrogens (primary N) is 1. The van der Waals surface area contributed by atoms with E-state index in [0.29, 0.717) is 0 Å². The summed E-state index contributed by atoms with van der Waals surface area (Å²) in [6, 6.07) is 0. The number of nitrogen functional groups attached to an aromatic ring is 1. The van der Waals surface area contributed by atoms with E-state index in [1.165, 1.54) is 6.33 Å². The molecular formula is C6H6F2N6. The van der Waals surface area contributed by atoms with Crippen molar-refractivity contribution in [3.63, 3.8) is 0 Å². The predicted octanol–water partition coefficient (Wildman–Crippen LogP) is 0.0686. The fourth-order valence-electron chi connectivity index (χ4n) is 1.06. The van der Waals surface area contributed by atoms with Gasteiger partial charge in [-0.3, -0.25) is 0 Å². The van der Waals surface area contributed by atoms with Crippen molar-refractivity contribution in [3.8, 4) is 0 Å². The molecule has 2 aromatic rings. The number of aromatic nitrogens is 5. The first-order valence-electron chi connectivity index (χ1n) is 3.76. The molecule has 0 spiro atoms. The Hall–Kier alpha value is -1.86. The topological polar surface area (TPSA) is 82.5 Å². The zero-order chi connectivity index (χ0) is 10.1. The molecule has 14 heavy (non-hydrogen) atoms. The average molecular weight is 200 g/mol. The molecule has 0 bridgehead atoms. The van der Waals surface area contributed by atoms with Crippen LogP contribution in [0.3, 0.4) is 0 Å². The second-order valence-electron chi connectivity index (χ2n) is 2.59. The zero-order valence-electron chi connectivity index (χ0n) is 6.93. The number of rotatable bonds is 2. The summed E-state index contributed by atoms with van der Waals surface area (Å²) >= 11 is 0. The lowest BCUT2D eigenvalue weighted by Crippen LogP contribution is -2.08. The molecule has 0 atom stereocenters. The molecule has 6 nitrogen and oxygen atoms in total. The Bertz CT molecular complexity index is 453. The van der Waals surface area contributed by atoms with Gasteiger partial charge in [0.1, 0.15) is 12.9 Å². The molecule has 0 saturated carbocycles. The van der Waals surface area contributed by atoms with Crippen molar-refractivity contribution in [2.24, 2.45) is 0 Å². The summed E-state index contributed by atoms with van der Waals surface area (Å²) in [5, 5.41) is 7.10. The Labute approximate surface area is 76.7 Å². The second-order valence-corrected chi connectivity index (χ2v) is 2.59. The van der Waals surface area contributed by atoms with Crippen molar-refractivity contribution < 1.29 is 8.78 Å². The fraction of sp³-hybridized carbons (Fsp3) is 0.333. The number of hydrogen-bond donors (Lipinski definition) is 1. The summed E-state index contributed by atoms with van der Waals surface area (Å²) in [6.07, 6.45) is -1.32. The van der Waals surface area contributed by atoms with E-state index in [1.54, 1.807) is 0 Å². The fourth-order valence-corrected chi connectivity index (χ4v) is 1.06. The third-order valence-corrected chi connectivity index (χ3v) is 1.64. The third-order valence-electron chi connectivity index (χ3n) is 1.64. The first-order chi connectivity index (χ1) is 6.68. The molecule has 0 amide bonds. The first kappa shape index (κ1) is 8.73. The average Bonchev–Trinajstić information content (AvgIpc) is 2.49. The molecule has 2 aromatic heterocycles. The number of fused-ring (bicyclic) bond motifs is 1. The largest absolute Gasteiger partial charge is 0.382 e. The van der Waals surface area contributed by atoms with Crippen LogP contribution in [0.25, 0.3) is 11.2 Å². The van der Waals surface area contributed by atoms with Gasteiger partial charge in [-0.2, -0.15) is 0 Å². The van der Waals surface area contributed by atoms with E-state index < -0.39 is 13.0 Å². The van der Waals surface area contributed by atoms with Gasteiger partial charge in [-0.1, -0.05) is 5.21 Å². The minimum Gasteiger partial charge on any atom is -0.382 e. The highest BCUT2D eigenvalue weighted by Gasteiger charge is 2.12. The molecule has 0 aliphatic carbocycles. The van der Waals surface area contributed by atoms with E-state index in [2.05, 4.69) is 20.3 Å². The van der Waals surface area contributed by atoms with Gasteiger partial charge in [0, 0.05) is 0 Å². The van der Waals surface area contributed by atoms with Gasteiger partial charge >= 0.3 is 0 Å². The van der Waals surface area contributed by atoms with Crippen molar-refractivity contribution in [1.82, 2.24) is 25.0 Å². The molecule has 0 aromatic carbocycles. The smallest absolute Gasteiger partial charge is 0.258 e. The number of alkyl halides is 2. The van der Waals surface area contributed by atoms with E-state index in [0.717, 1.165) is 4.68 Å². The normalized spacial score (nSPS) is 11.4. The molecule has 0 radical (unpaired) electrons. The summed E-state index contributed by atoms with van der Waals surface area (Å²) in [5.41, 5.74) is 5.91. The molecule has 2 N–H and O–H groups in total. The van der Waals surface area contributed by atoms with Crippen LogP contribution >= 0.6 is 0 Å². The Morgan fingerprint density at radius 3 is 2.93 bits per heavy atom. The molecule has 2 rings (SSSR count). The van der Waals surface area contributed by atoms with Crippen LogP contribution < -0.4 is 5.73 Å². The Morgan fingerprint density at radius 1 is 1.43 bits per heavy atom. The number of hydrogen-bond acceptors (Lipinski definition) is 5. The standard InChI is InChI=1S/C6H6F2N6/c7-3(8)1-14-6-4(12-13-14)5(9)10-2-11-6/h2-3H,1H2,(H2,9,10,11). The lowest BCUT2D eigenvalue weighted by Gasteiger charge is -1.98. The highest BCUT2D eigenvalue weighted by molar-refractivity contribution is 5.80. The van der Waals surface area contributed by atoms with Crippen LogP contribution in [0.2, 0.25) is 0 Å². The highest BCUT2D eigenvalue weighted by atomic mass is 19.3. The van der Waals surface area contributed by atoms with Crippen molar-refractivity contribution >= 4 is 17.0 Å². The second kappa shape index (κ2) is 3.13. The quantitative estimate of drug-likeness (QED) is 0.741. The van der Waals surface area contributed by atoms with Crippen molar-refractivity contribution in [2.45, 2.75) is 13.0 Å². The van der Waals surface area contributed by atoms with E-state index in [-0.39, 0.29) is 17.0 Å². The van der Waals surface area contributed by atoms with Gasteiger partial charge < -0.3 is 5.73 Å². The van der Waals surface area contributed by atoms with Gasteiger partial charge in [0.15, 0.2) is 17.0 Å². The van der Waals surface area contributed by atoms with Crippen molar-refractivity contribution in [3.05, 3.63) is 6.33 Å². The van der Waals surface area contributed by atoms with E-state index in [9.17, 15) is 8.78 Å². The summed E-state index contributed by atoms with van der Waals surface area (Å²) < 4.78 is 25.1. The minimum absolute atomic E-state index is 0.135. The summed E-state index contributed by atoms with van der Waals surface area (Å²) in [7, 11) is 0. The van der Waals surface area contributed by atoms with Crippen LogP contribution in [0.15, 0.2) is 6.33 Å². The lowest BCUT2D eigenvalue weighted by atomic mass is 10.5. The SMILES string of the molecule is Nc1ncnc2c1nnn2CC(F)F. The van der Waals surface area contributed by atoms with Crippen molar-refractivity contribution in [1.29, 1.82) is 0 Å². The molecule has 0 unspecified atom stereocenters. The third kappa shape index (κ3) is 1.34. The van der Waals surface area contributed by atoms with Crippen LogP contribution in [0.5, 0.6) is 0 Å². The van der Waals surface area contributed by atoms with Gasteiger partial charge in [-0.05, 0) is 0 Å². The van der Waals surface area contributed by atoms with Gasteiger partial charge in [-0.25, -0.2) is 23.4 Å². The van der Waals surface area contributed by atoms with E-state index in [1.807, 2.05) is 0 Å². The lowest BCUT2D eigenvalue weighted by molar-refractivity contribution is 0.122. The molecule has 0 saturated heterocycles. The zero-order valence-corrected chi connectivity index (χ0v) is 6.93. The molecule has 2 heterocycles. The summed E-state index contributed by atoms with van der Waals surface area (Å²) in [5.74, 6) is 0.135. The Kier molecular flexibility index (Phi) is 1.95.